The van der Waals surface area contributed by atoms with Gasteiger partial charge in [0.2, 0.25) is 0 Å². The van der Waals surface area contributed by atoms with Crippen LogP contribution in [-0.4, -0.2) is 48.1 Å². The number of alkyl halides is 3. The van der Waals surface area contributed by atoms with Gasteiger partial charge in [0, 0.05) is 13.1 Å². The first kappa shape index (κ1) is 15.1. The van der Waals surface area contributed by atoms with E-state index in [1.54, 1.807) is 6.92 Å². The van der Waals surface area contributed by atoms with Gasteiger partial charge in [-0.15, -0.1) is 0 Å². The van der Waals surface area contributed by atoms with Crippen molar-refractivity contribution in [2.75, 3.05) is 19.7 Å². The third-order valence-corrected chi connectivity index (χ3v) is 4.26. The summed E-state index contributed by atoms with van der Waals surface area (Å²) < 4.78 is 45.2. The molecule has 2 fully saturated rings. The van der Waals surface area contributed by atoms with Gasteiger partial charge in [-0.2, -0.15) is 0 Å². The monoisotopic (exact) mass is 293 g/mol. The number of nitrogens with zero attached hydrogens (tertiary/aromatic N) is 1. The van der Waals surface area contributed by atoms with Crippen LogP contribution in [0.4, 0.5) is 13.2 Å². The van der Waals surface area contributed by atoms with Crippen molar-refractivity contribution < 1.29 is 27.5 Å². The average Bonchev–Trinajstić information content (AvgIpc) is 2.83. The van der Waals surface area contributed by atoms with Crippen LogP contribution in [0, 0.1) is 11.8 Å². The summed E-state index contributed by atoms with van der Waals surface area (Å²) >= 11 is 0. The van der Waals surface area contributed by atoms with Crippen molar-refractivity contribution in [3.05, 3.63) is 0 Å². The summed E-state index contributed by atoms with van der Waals surface area (Å²) in [7, 11) is 0. The highest BCUT2D eigenvalue weighted by Gasteiger charge is 2.85. The van der Waals surface area contributed by atoms with E-state index in [0.29, 0.717) is 12.8 Å². The van der Waals surface area contributed by atoms with Crippen LogP contribution in [0.2, 0.25) is 0 Å². The third-order valence-electron chi connectivity index (χ3n) is 4.26. The zero-order chi connectivity index (χ0) is 15.1. The molecule has 0 N–H and O–H groups in total. The summed E-state index contributed by atoms with van der Waals surface area (Å²) in [6.45, 7) is 3.21. The minimum Gasteiger partial charge on any atom is -0.466 e. The molecular formula is C13H18F3NO3. The van der Waals surface area contributed by atoms with Crippen molar-refractivity contribution in [3.8, 4) is 0 Å². The van der Waals surface area contributed by atoms with E-state index in [4.69, 9.17) is 4.74 Å². The van der Waals surface area contributed by atoms with Crippen LogP contribution in [0.3, 0.4) is 0 Å². The van der Waals surface area contributed by atoms with Crippen molar-refractivity contribution in [1.82, 2.24) is 4.90 Å². The molecular weight excluding hydrogens is 275 g/mol. The van der Waals surface area contributed by atoms with E-state index in [1.165, 1.54) is 0 Å². The molecule has 2 rings (SSSR count). The number of carbonyl (C=O) groups excluding carboxylic acids is 2. The Morgan fingerprint density at radius 2 is 1.75 bits per heavy atom. The predicted molar refractivity (Wildman–Crippen MR) is 63.9 cm³/mol. The molecule has 7 heteroatoms. The van der Waals surface area contributed by atoms with Crippen LogP contribution in [0.25, 0.3) is 0 Å². The highest BCUT2D eigenvalue weighted by atomic mass is 19.3. The molecule has 1 aliphatic carbocycles. The molecule has 1 amide bonds. The first-order valence-electron chi connectivity index (χ1n) is 6.79. The van der Waals surface area contributed by atoms with Crippen molar-refractivity contribution in [1.29, 1.82) is 0 Å². The number of amides is 1. The minimum absolute atomic E-state index is 0.108. The Morgan fingerprint density at radius 3 is 2.15 bits per heavy atom. The van der Waals surface area contributed by atoms with Gasteiger partial charge in [0.25, 0.3) is 17.5 Å². The molecule has 4 nitrogen and oxygen atoms in total. The standard InChI is InChI=1S/C13H18F3NO3/c1-3-20-10(18)9-4-6-17(7-5-9)11(19)12(14)8(2)13(12,15)16/h8-9H,3-7H2,1-2H3. The highest BCUT2D eigenvalue weighted by Crippen LogP contribution is 2.62. The number of hydrogen-bond acceptors (Lipinski definition) is 3. The Hall–Kier alpha value is -1.27. The first-order chi connectivity index (χ1) is 9.26. The number of hydrogen-bond donors (Lipinski definition) is 0. The molecule has 1 saturated carbocycles. The summed E-state index contributed by atoms with van der Waals surface area (Å²) in [4.78, 5) is 24.5. The topological polar surface area (TPSA) is 46.6 Å². The lowest BCUT2D eigenvalue weighted by molar-refractivity contribution is -0.153. The molecule has 2 unspecified atom stereocenters. The summed E-state index contributed by atoms with van der Waals surface area (Å²) in [6.07, 6.45) is 0.640. The lowest BCUT2D eigenvalue weighted by atomic mass is 9.96. The van der Waals surface area contributed by atoms with Gasteiger partial charge in [-0.3, -0.25) is 9.59 Å². The second-order valence-corrected chi connectivity index (χ2v) is 5.37. The number of carbonyl (C=O) groups is 2. The van der Waals surface area contributed by atoms with Gasteiger partial charge in [0.05, 0.1) is 18.4 Å². The molecule has 0 aromatic rings. The fourth-order valence-electron chi connectivity index (χ4n) is 2.67. The zero-order valence-electron chi connectivity index (χ0n) is 11.5. The maximum Gasteiger partial charge on any atom is 0.309 e. The molecule has 114 valence electrons. The fraction of sp³-hybridized carbons (Fsp3) is 0.846. The van der Waals surface area contributed by atoms with Gasteiger partial charge in [0.15, 0.2) is 0 Å². The number of likely N-dealkylation sites (tertiary alicyclic amines) is 1. The third kappa shape index (κ3) is 2.07. The number of ether oxygens (including phenoxy) is 1. The number of esters is 1. The van der Waals surface area contributed by atoms with Crippen LogP contribution < -0.4 is 0 Å². The summed E-state index contributed by atoms with van der Waals surface area (Å²) in [5.74, 6) is -7.00. The Morgan fingerprint density at radius 1 is 1.25 bits per heavy atom. The molecule has 2 atom stereocenters. The second kappa shape index (κ2) is 4.93. The highest BCUT2D eigenvalue weighted by molar-refractivity contribution is 5.91. The lowest BCUT2D eigenvalue weighted by Crippen LogP contribution is -2.46. The molecule has 0 aromatic carbocycles. The molecule has 2 aliphatic rings. The Labute approximate surface area is 115 Å². The first-order valence-corrected chi connectivity index (χ1v) is 6.79. The predicted octanol–water partition coefficient (Wildman–Crippen LogP) is 1.78. The maximum atomic E-state index is 14.0. The molecule has 0 spiro atoms. The molecule has 1 heterocycles. The van der Waals surface area contributed by atoms with E-state index in [1.807, 2.05) is 0 Å². The molecule has 0 radical (unpaired) electrons. The Kier molecular flexibility index (Phi) is 3.73. The van der Waals surface area contributed by atoms with Crippen LogP contribution in [-0.2, 0) is 14.3 Å². The Bertz CT molecular complexity index is 421. The summed E-state index contributed by atoms with van der Waals surface area (Å²) in [6, 6.07) is 0. The molecule has 20 heavy (non-hydrogen) atoms. The smallest absolute Gasteiger partial charge is 0.309 e. The van der Waals surface area contributed by atoms with Crippen LogP contribution >= 0.6 is 0 Å². The number of rotatable bonds is 3. The minimum atomic E-state index is -3.58. The molecule has 1 aliphatic heterocycles. The largest absolute Gasteiger partial charge is 0.466 e. The molecule has 1 saturated heterocycles. The van der Waals surface area contributed by atoms with Gasteiger partial charge in [-0.25, -0.2) is 13.2 Å². The summed E-state index contributed by atoms with van der Waals surface area (Å²) in [5.41, 5.74) is -3.07. The number of halogens is 3. The van der Waals surface area contributed by atoms with Gasteiger partial charge in [-0.05, 0) is 19.8 Å². The van der Waals surface area contributed by atoms with Crippen LogP contribution in [0.1, 0.15) is 26.7 Å². The van der Waals surface area contributed by atoms with Crippen molar-refractivity contribution >= 4 is 11.9 Å². The fourth-order valence-corrected chi connectivity index (χ4v) is 2.67. The van der Waals surface area contributed by atoms with E-state index in [9.17, 15) is 22.8 Å². The summed E-state index contributed by atoms with van der Waals surface area (Å²) in [5, 5.41) is 0. The quantitative estimate of drug-likeness (QED) is 0.745. The van der Waals surface area contributed by atoms with E-state index in [2.05, 4.69) is 0 Å². The van der Waals surface area contributed by atoms with Gasteiger partial charge < -0.3 is 9.64 Å². The maximum absolute atomic E-state index is 14.0. The van der Waals surface area contributed by atoms with Crippen molar-refractivity contribution in [3.63, 3.8) is 0 Å². The molecule has 0 aromatic heterocycles. The second-order valence-electron chi connectivity index (χ2n) is 5.37. The molecule has 0 bridgehead atoms. The van der Waals surface area contributed by atoms with E-state index >= 15 is 0 Å². The Balaban J connectivity index is 1.92. The van der Waals surface area contributed by atoms with Crippen LogP contribution in [0.5, 0.6) is 0 Å². The van der Waals surface area contributed by atoms with E-state index < -0.39 is 23.4 Å². The average molecular weight is 293 g/mol. The van der Waals surface area contributed by atoms with E-state index in [0.717, 1.165) is 11.8 Å². The van der Waals surface area contributed by atoms with E-state index in [-0.39, 0.29) is 31.6 Å². The number of piperidine rings is 1. The SMILES string of the molecule is CCOC(=O)C1CCN(C(=O)C2(F)C(C)C2(F)F)CC1. The van der Waals surface area contributed by atoms with Gasteiger partial charge in [-0.1, -0.05) is 6.92 Å². The van der Waals surface area contributed by atoms with Crippen molar-refractivity contribution in [2.24, 2.45) is 11.8 Å². The van der Waals surface area contributed by atoms with Crippen LogP contribution in [0.15, 0.2) is 0 Å². The zero-order valence-corrected chi connectivity index (χ0v) is 11.5. The lowest BCUT2D eigenvalue weighted by Gasteiger charge is -2.31. The van der Waals surface area contributed by atoms with Crippen molar-refractivity contribution in [2.45, 2.75) is 38.3 Å². The van der Waals surface area contributed by atoms with Gasteiger partial charge in [0.1, 0.15) is 0 Å². The van der Waals surface area contributed by atoms with Gasteiger partial charge >= 0.3 is 5.97 Å². The normalized spacial score (nSPS) is 32.9.